The fraction of sp³-hybridized carbons (Fsp3) is 0.389. The normalized spacial score (nSPS) is 11.0. The maximum Gasteiger partial charge on any atom is 0.251 e. The van der Waals surface area contributed by atoms with Crippen LogP contribution in [0.5, 0.6) is 0 Å². The Kier molecular flexibility index (Phi) is 5.73. The number of tetrazole rings is 1. The molecular weight excluding hydrogens is 330 g/mol. The van der Waals surface area contributed by atoms with Crippen LogP contribution >= 0.6 is 0 Å². The highest BCUT2D eigenvalue weighted by atomic mass is 16.1. The molecule has 1 aromatic carbocycles. The van der Waals surface area contributed by atoms with E-state index >= 15 is 0 Å². The first-order chi connectivity index (χ1) is 12.6. The van der Waals surface area contributed by atoms with Gasteiger partial charge in [-0.2, -0.15) is 0 Å². The molecule has 0 saturated carbocycles. The number of carbonyl (C=O) groups excluding carboxylic acids is 1. The third kappa shape index (κ3) is 4.53. The zero-order chi connectivity index (χ0) is 18.4. The highest BCUT2D eigenvalue weighted by Gasteiger charge is 2.08. The second kappa shape index (κ2) is 8.37. The molecule has 0 spiro atoms. The maximum absolute atomic E-state index is 12.2. The Morgan fingerprint density at radius 2 is 2.04 bits per heavy atom. The quantitative estimate of drug-likeness (QED) is 0.624. The summed E-state index contributed by atoms with van der Waals surface area (Å²) in [5.41, 5.74) is 1.69. The smallest absolute Gasteiger partial charge is 0.251 e. The fourth-order valence-electron chi connectivity index (χ4n) is 2.77. The highest BCUT2D eigenvalue weighted by molar-refractivity contribution is 5.94. The number of benzene rings is 1. The first-order valence-corrected chi connectivity index (χ1v) is 8.72. The van der Waals surface area contributed by atoms with Crippen molar-refractivity contribution in [2.45, 2.75) is 39.3 Å². The van der Waals surface area contributed by atoms with Gasteiger partial charge in [-0.1, -0.05) is 26.0 Å². The Morgan fingerprint density at radius 3 is 2.73 bits per heavy atom. The van der Waals surface area contributed by atoms with E-state index < -0.39 is 0 Å². The number of aromatic nitrogens is 6. The van der Waals surface area contributed by atoms with Crippen molar-refractivity contribution in [1.29, 1.82) is 0 Å². The average Bonchev–Trinajstić information content (AvgIpc) is 3.31. The number of amides is 1. The molecule has 0 aliphatic carbocycles. The van der Waals surface area contributed by atoms with Crippen molar-refractivity contribution in [1.82, 2.24) is 35.1 Å². The molecule has 2 aromatic heterocycles. The highest BCUT2D eigenvalue weighted by Crippen LogP contribution is 2.12. The van der Waals surface area contributed by atoms with Gasteiger partial charge in [0.2, 0.25) is 0 Å². The van der Waals surface area contributed by atoms with Gasteiger partial charge in [0, 0.05) is 37.0 Å². The number of imidazole rings is 1. The SMILES string of the molecule is CC(C)c1nccn1CCCNC(=O)c1ccc(Cn2cnnn2)cc1. The van der Waals surface area contributed by atoms with Gasteiger partial charge < -0.3 is 9.88 Å². The van der Waals surface area contributed by atoms with Crippen molar-refractivity contribution in [2.24, 2.45) is 0 Å². The van der Waals surface area contributed by atoms with E-state index in [0.717, 1.165) is 24.4 Å². The van der Waals surface area contributed by atoms with E-state index in [1.807, 2.05) is 36.7 Å². The molecule has 2 heterocycles. The molecule has 1 N–H and O–H groups in total. The van der Waals surface area contributed by atoms with Crippen molar-refractivity contribution < 1.29 is 4.79 Å². The largest absolute Gasteiger partial charge is 0.352 e. The molecule has 26 heavy (non-hydrogen) atoms. The predicted octanol–water partition coefficient (Wildman–Crippen LogP) is 1.86. The van der Waals surface area contributed by atoms with E-state index in [-0.39, 0.29) is 5.91 Å². The number of carbonyl (C=O) groups is 1. The van der Waals surface area contributed by atoms with Gasteiger partial charge in [0.1, 0.15) is 12.2 Å². The Morgan fingerprint density at radius 1 is 1.23 bits per heavy atom. The van der Waals surface area contributed by atoms with Crippen LogP contribution in [-0.2, 0) is 13.1 Å². The molecule has 3 rings (SSSR count). The average molecular weight is 353 g/mol. The minimum Gasteiger partial charge on any atom is -0.352 e. The van der Waals surface area contributed by atoms with E-state index in [1.54, 1.807) is 11.0 Å². The van der Waals surface area contributed by atoms with Crippen molar-refractivity contribution in [3.8, 4) is 0 Å². The van der Waals surface area contributed by atoms with Crippen molar-refractivity contribution in [3.63, 3.8) is 0 Å². The Bertz CT molecular complexity index is 822. The molecule has 0 fully saturated rings. The number of aryl methyl sites for hydroxylation is 1. The summed E-state index contributed by atoms with van der Waals surface area (Å²) in [5, 5.41) is 14.0. The van der Waals surface area contributed by atoms with Crippen molar-refractivity contribution in [2.75, 3.05) is 6.54 Å². The minimum atomic E-state index is -0.0614. The molecule has 0 unspecified atom stereocenters. The topological polar surface area (TPSA) is 90.5 Å². The first kappa shape index (κ1) is 17.8. The lowest BCUT2D eigenvalue weighted by Crippen LogP contribution is -2.25. The lowest BCUT2D eigenvalue weighted by atomic mass is 10.1. The van der Waals surface area contributed by atoms with Gasteiger partial charge in [0.05, 0.1) is 6.54 Å². The molecule has 0 saturated heterocycles. The summed E-state index contributed by atoms with van der Waals surface area (Å²) in [5.74, 6) is 1.41. The number of hydrogen-bond donors (Lipinski definition) is 1. The zero-order valence-corrected chi connectivity index (χ0v) is 15.0. The summed E-state index contributed by atoms with van der Waals surface area (Å²) in [6.07, 6.45) is 6.23. The second-order valence-electron chi connectivity index (χ2n) is 6.45. The third-order valence-corrected chi connectivity index (χ3v) is 4.08. The van der Waals surface area contributed by atoms with Crippen molar-refractivity contribution in [3.05, 3.63) is 59.9 Å². The van der Waals surface area contributed by atoms with Gasteiger partial charge in [0.15, 0.2) is 0 Å². The van der Waals surface area contributed by atoms with Gasteiger partial charge in [-0.3, -0.25) is 4.79 Å². The molecule has 0 atom stereocenters. The van der Waals surface area contributed by atoms with E-state index in [0.29, 0.717) is 24.6 Å². The fourth-order valence-corrected chi connectivity index (χ4v) is 2.77. The van der Waals surface area contributed by atoms with Gasteiger partial charge in [0.25, 0.3) is 5.91 Å². The Labute approximate surface area is 152 Å². The summed E-state index contributed by atoms with van der Waals surface area (Å²) in [6, 6.07) is 7.47. The van der Waals surface area contributed by atoms with E-state index in [4.69, 9.17) is 0 Å². The zero-order valence-electron chi connectivity index (χ0n) is 15.0. The molecular formula is C18H23N7O. The van der Waals surface area contributed by atoms with Gasteiger partial charge in [-0.05, 0) is 34.5 Å². The van der Waals surface area contributed by atoms with Gasteiger partial charge in [-0.25, -0.2) is 9.67 Å². The molecule has 1 amide bonds. The van der Waals surface area contributed by atoms with Crippen LogP contribution in [0.3, 0.4) is 0 Å². The first-order valence-electron chi connectivity index (χ1n) is 8.72. The van der Waals surface area contributed by atoms with Gasteiger partial charge >= 0.3 is 0 Å². The minimum absolute atomic E-state index is 0.0614. The summed E-state index contributed by atoms with van der Waals surface area (Å²) in [4.78, 5) is 16.6. The van der Waals surface area contributed by atoms with Crippen LogP contribution < -0.4 is 5.32 Å². The second-order valence-corrected chi connectivity index (χ2v) is 6.45. The Hall–Kier alpha value is -3.03. The lowest BCUT2D eigenvalue weighted by molar-refractivity contribution is 0.0952. The standard InChI is InChI=1S/C18H23N7O/c1-14(2)17-19-9-11-24(17)10-3-8-20-18(26)16-6-4-15(5-7-16)12-25-13-21-22-23-25/h4-7,9,11,13-14H,3,8,10,12H2,1-2H3,(H,20,26). The summed E-state index contributed by atoms with van der Waals surface area (Å²) >= 11 is 0. The van der Waals surface area contributed by atoms with Crippen LogP contribution in [0.25, 0.3) is 0 Å². The number of nitrogens with zero attached hydrogens (tertiary/aromatic N) is 6. The van der Waals surface area contributed by atoms with Gasteiger partial charge in [-0.15, -0.1) is 5.10 Å². The van der Waals surface area contributed by atoms with Crippen LogP contribution in [0, 0.1) is 0 Å². The maximum atomic E-state index is 12.2. The third-order valence-electron chi connectivity index (χ3n) is 4.08. The summed E-state index contributed by atoms with van der Waals surface area (Å²) in [7, 11) is 0. The van der Waals surface area contributed by atoms with Crippen LogP contribution in [0.1, 0.15) is 47.9 Å². The number of nitrogens with one attached hydrogen (secondary N) is 1. The molecule has 0 bridgehead atoms. The summed E-state index contributed by atoms with van der Waals surface area (Å²) < 4.78 is 3.78. The van der Waals surface area contributed by atoms with E-state index in [2.05, 4.69) is 44.2 Å². The molecule has 0 aliphatic rings. The van der Waals surface area contributed by atoms with Crippen LogP contribution in [-0.4, -0.2) is 42.2 Å². The van der Waals surface area contributed by atoms with Crippen LogP contribution in [0.2, 0.25) is 0 Å². The molecule has 3 aromatic rings. The Balaban J connectivity index is 1.45. The molecule has 136 valence electrons. The van der Waals surface area contributed by atoms with E-state index in [9.17, 15) is 4.79 Å². The molecule has 0 radical (unpaired) electrons. The van der Waals surface area contributed by atoms with Crippen LogP contribution in [0.4, 0.5) is 0 Å². The predicted molar refractivity (Wildman–Crippen MR) is 96.6 cm³/mol. The molecule has 8 heteroatoms. The molecule has 0 aliphatic heterocycles. The lowest BCUT2D eigenvalue weighted by Gasteiger charge is -2.11. The van der Waals surface area contributed by atoms with E-state index in [1.165, 1.54) is 0 Å². The van der Waals surface area contributed by atoms with Crippen LogP contribution in [0.15, 0.2) is 43.0 Å². The number of rotatable bonds is 8. The number of hydrogen-bond acceptors (Lipinski definition) is 5. The summed E-state index contributed by atoms with van der Waals surface area (Å²) in [6.45, 7) is 6.31. The van der Waals surface area contributed by atoms with Crippen molar-refractivity contribution >= 4 is 5.91 Å². The monoisotopic (exact) mass is 353 g/mol. The molecule has 8 nitrogen and oxygen atoms in total.